The first-order valence-electron chi connectivity index (χ1n) is 5.90. The molecule has 96 valence electrons. The molecule has 1 atom stereocenters. The van der Waals surface area contributed by atoms with Crippen LogP contribution in [0.4, 0.5) is 10.1 Å². The van der Waals surface area contributed by atoms with Gasteiger partial charge < -0.3 is 10.6 Å². The molecule has 1 heterocycles. The summed E-state index contributed by atoms with van der Waals surface area (Å²) in [6, 6.07) is 4.23. The van der Waals surface area contributed by atoms with Gasteiger partial charge >= 0.3 is 0 Å². The van der Waals surface area contributed by atoms with Crippen LogP contribution in [0, 0.1) is 18.7 Å². The lowest BCUT2D eigenvalue weighted by molar-refractivity contribution is -0.126. The molecule has 0 aromatic heterocycles. The summed E-state index contributed by atoms with van der Waals surface area (Å²) in [5.74, 6) is -0.690. The number of hydrogen-bond donors (Lipinski definition) is 2. The Labute approximate surface area is 105 Å². The molecule has 1 aliphatic heterocycles. The van der Waals surface area contributed by atoms with Crippen molar-refractivity contribution in [3.05, 3.63) is 29.6 Å². The van der Waals surface area contributed by atoms with E-state index in [0.717, 1.165) is 0 Å². The zero-order valence-corrected chi connectivity index (χ0v) is 10.1. The molecule has 5 heteroatoms. The molecule has 4 nitrogen and oxygen atoms in total. The van der Waals surface area contributed by atoms with Gasteiger partial charge in [0.15, 0.2) is 0 Å². The number of hydrogen-bond acceptors (Lipinski definition) is 2. The van der Waals surface area contributed by atoms with Crippen molar-refractivity contribution in [1.82, 2.24) is 5.32 Å². The maximum Gasteiger partial charge on any atom is 0.229 e. The third-order valence-electron chi connectivity index (χ3n) is 3.08. The Morgan fingerprint density at radius 2 is 2.28 bits per heavy atom. The van der Waals surface area contributed by atoms with Gasteiger partial charge in [-0.25, -0.2) is 4.39 Å². The highest BCUT2D eigenvalue weighted by Crippen LogP contribution is 2.18. The van der Waals surface area contributed by atoms with Crippen molar-refractivity contribution in [1.29, 1.82) is 0 Å². The van der Waals surface area contributed by atoms with E-state index in [-0.39, 0.29) is 23.5 Å². The van der Waals surface area contributed by atoms with Crippen LogP contribution >= 0.6 is 0 Å². The largest absolute Gasteiger partial charge is 0.355 e. The Morgan fingerprint density at radius 3 is 2.89 bits per heavy atom. The van der Waals surface area contributed by atoms with Gasteiger partial charge in [-0.15, -0.1) is 0 Å². The predicted octanol–water partition coefficient (Wildman–Crippen LogP) is 1.60. The first-order valence-corrected chi connectivity index (χ1v) is 5.90. The van der Waals surface area contributed by atoms with Crippen molar-refractivity contribution < 1.29 is 14.0 Å². The maximum atomic E-state index is 12.9. The van der Waals surface area contributed by atoms with E-state index in [1.807, 2.05) is 0 Å². The fraction of sp³-hybridized carbons (Fsp3) is 0.385. The number of benzene rings is 1. The third-order valence-corrected chi connectivity index (χ3v) is 3.08. The van der Waals surface area contributed by atoms with E-state index >= 15 is 0 Å². The summed E-state index contributed by atoms with van der Waals surface area (Å²) in [4.78, 5) is 23.0. The lowest BCUT2D eigenvalue weighted by Crippen LogP contribution is -2.40. The third kappa shape index (κ3) is 2.85. The molecule has 18 heavy (non-hydrogen) atoms. The molecular formula is C13H15FN2O2. The second-order valence-corrected chi connectivity index (χ2v) is 4.49. The molecule has 1 unspecified atom stereocenters. The highest BCUT2D eigenvalue weighted by atomic mass is 19.1. The number of halogens is 1. The molecular weight excluding hydrogens is 235 g/mol. The fourth-order valence-corrected chi connectivity index (χ4v) is 1.96. The standard InChI is InChI=1S/C13H15FN2O2/c1-8-6-10(14)3-4-11(8)16-13(18)9-2-5-12(17)15-7-9/h3-4,6,9H,2,5,7H2,1H3,(H,15,17)(H,16,18). The number of aryl methyl sites for hydroxylation is 1. The molecule has 0 aliphatic carbocycles. The van der Waals surface area contributed by atoms with E-state index in [1.165, 1.54) is 12.1 Å². The van der Waals surface area contributed by atoms with Crippen LogP contribution in [0.15, 0.2) is 18.2 Å². The van der Waals surface area contributed by atoms with E-state index in [2.05, 4.69) is 10.6 Å². The van der Waals surface area contributed by atoms with Gasteiger partial charge in [-0.3, -0.25) is 9.59 Å². The van der Waals surface area contributed by atoms with E-state index in [1.54, 1.807) is 13.0 Å². The molecule has 2 N–H and O–H groups in total. The molecule has 1 aromatic carbocycles. The summed E-state index contributed by atoms with van der Waals surface area (Å²) in [7, 11) is 0. The fourth-order valence-electron chi connectivity index (χ4n) is 1.96. The van der Waals surface area contributed by atoms with Crippen LogP contribution in [0.3, 0.4) is 0 Å². The van der Waals surface area contributed by atoms with E-state index in [9.17, 15) is 14.0 Å². The normalized spacial score (nSPS) is 19.2. The van der Waals surface area contributed by atoms with Crippen molar-refractivity contribution in [2.24, 2.45) is 5.92 Å². The van der Waals surface area contributed by atoms with Gasteiger partial charge in [0.05, 0.1) is 5.92 Å². The average Bonchev–Trinajstić information content (AvgIpc) is 2.33. The Bertz CT molecular complexity index is 478. The van der Waals surface area contributed by atoms with Crippen LogP contribution in [0.5, 0.6) is 0 Å². The van der Waals surface area contributed by atoms with E-state index < -0.39 is 0 Å². The number of nitrogens with one attached hydrogen (secondary N) is 2. The number of carbonyl (C=O) groups is 2. The van der Waals surface area contributed by atoms with Crippen LogP contribution in [-0.2, 0) is 9.59 Å². The van der Waals surface area contributed by atoms with Crippen LogP contribution in [0.2, 0.25) is 0 Å². The number of piperidine rings is 1. The van der Waals surface area contributed by atoms with Gasteiger partial charge in [-0.05, 0) is 37.1 Å². The topological polar surface area (TPSA) is 58.2 Å². The molecule has 0 radical (unpaired) electrons. The van der Waals surface area contributed by atoms with Crippen molar-refractivity contribution in [2.45, 2.75) is 19.8 Å². The molecule has 0 bridgehead atoms. The monoisotopic (exact) mass is 250 g/mol. The average molecular weight is 250 g/mol. The summed E-state index contributed by atoms with van der Waals surface area (Å²) in [5.41, 5.74) is 1.29. The van der Waals surface area contributed by atoms with Gasteiger partial charge in [0.1, 0.15) is 5.82 Å². The Hall–Kier alpha value is -1.91. The number of carbonyl (C=O) groups excluding carboxylic acids is 2. The summed E-state index contributed by atoms with van der Waals surface area (Å²) in [6.07, 6.45) is 0.929. The second-order valence-electron chi connectivity index (χ2n) is 4.49. The predicted molar refractivity (Wildman–Crippen MR) is 65.5 cm³/mol. The van der Waals surface area contributed by atoms with Gasteiger partial charge in [0.2, 0.25) is 11.8 Å². The maximum absolute atomic E-state index is 12.9. The van der Waals surface area contributed by atoms with Gasteiger partial charge in [0.25, 0.3) is 0 Å². The molecule has 2 amide bonds. The first-order chi connectivity index (χ1) is 8.56. The van der Waals surface area contributed by atoms with Gasteiger partial charge in [-0.2, -0.15) is 0 Å². The molecule has 1 aromatic rings. The highest BCUT2D eigenvalue weighted by Gasteiger charge is 2.24. The Balaban J connectivity index is 2.00. The first kappa shape index (κ1) is 12.5. The van der Waals surface area contributed by atoms with Crippen LogP contribution in [-0.4, -0.2) is 18.4 Å². The zero-order chi connectivity index (χ0) is 13.1. The smallest absolute Gasteiger partial charge is 0.229 e. The van der Waals surface area contributed by atoms with Crippen molar-refractivity contribution in [3.63, 3.8) is 0 Å². The Kier molecular flexibility index (Phi) is 3.60. The zero-order valence-electron chi connectivity index (χ0n) is 10.1. The van der Waals surface area contributed by atoms with Gasteiger partial charge in [-0.1, -0.05) is 0 Å². The molecule has 0 spiro atoms. The molecule has 0 saturated carbocycles. The summed E-state index contributed by atoms with van der Waals surface area (Å²) < 4.78 is 12.9. The molecule has 1 saturated heterocycles. The van der Waals surface area contributed by atoms with E-state index in [4.69, 9.17) is 0 Å². The molecule has 2 rings (SSSR count). The Morgan fingerprint density at radius 1 is 1.50 bits per heavy atom. The minimum absolute atomic E-state index is 0.0167. The summed E-state index contributed by atoms with van der Waals surface area (Å²) >= 11 is 0. The number of amides is 2. The molecule has 1 aliphatic rings. The lowest BCUT2D eigenvalue weighted by atomic mass is 9.98. The minimum atomic E-state index is -0.324. The van der Waals surface area contributed by atoms with Crippen molar-refractivity contribution >= 4 is 17.5 Å². The second kappa shape index (κ2) is 5.16. The highest BCUT2D eigenvalue weighted by molar-refractivity contribution is 5.94. The van der Waals surface area contributed by atoms with Crippen molar-refractivity contribution in [2.75, 3.05) is 11.9 Å². The SMILES string of the molecule is Cc1cc(F)ccc1NC(=O)C1CCC(=O)NC1. The van der Waals surface area contributed by atoms with Crippen LogP contribution in [0.25, 0.3) is 0 Å². The van der Waals surface area contributed by atoms with Crippen LogP contribution in [0.1, 0.15) is 18.4 Å². The van der Waals surface area contributed by atoms with Gasteiger partial charge in [0, 0.05) is 18.7 Å². The number of anilines is 1. The molecule has 1 fully saturated rings. The number of rotatable bonds is 2. The summed E-state index contributed by atoms with van der Waals surface area (Å²) in [5, 5.41) is 5.43. The summed E-state index contributed by atoms with van der Waals surface area (Å²) in [6.45, 7) is 2.10. The van der Waals surface area contributed by atoms with Crippen LogP contribution < -0.4 is 10.6 Å². The quantitative estimate of drug-likeness (QED) is 0.837. The van der Waals surface area contributed by atoms with E-state index in [0.29, 0.717) is 30.6 Å². The lowest BCUT2D eigenvalue weighted by Gasteiger charge is -2.22. The minimum Gasteiger partial charge on any atom is -0.355 e. The van der Waals surface area contributed by atoms with Crippen molar-refractivity contribution in [3.8, 4) is 0 Å².